The minimum atomic E-state index is 0.605. The smallest absolute Gasteiger partial charge is 0.0719 e. The van der Waals surface area contributed by atoms with Gasteiger partial charge < -0.3 is 10.5 Å². The minimum absolute atomic E-state index is 0.605. The second-order valence-electron chi connectivity index (χ2n) is 3.58. The minimum Gasteiger partial charge on any atom is -0.396 e. The molecule has 0 spiro atoms. The number of aromatic nitrogens is 2. The maximum Gasteiger partial charge on any atom is 0.0719 e. The molecule has 2 heterocycles. The summed E-state index contributed by atoms with van der Waals surface area (Å²) in [4.78, 5) is 0. The Hall–Kier alpha value is -1.03. The molecule has 1 aromatic rings. The molecule has 0 aliphatic carbocycles. The second kappa shape index (κ2) is 3.79. The topological polar surface area (TPSA) is 53.1 Å². The lowest BCUT2D eigenvalue weighted by atomic mass is 10.0. The Kier molecular flexibility index (Phi) is 2.49. The van der Waals surface area contributed by atoms with Crippen molar-refractivity contribution in [1.82, 2.24) is 9.78 Å². The standard InChI is InChI=1S/C9H15N3O/c10-9-4-11-12(6-9)5-8-2-1-3-13-7-8/h4,6,8H,1-3,5,7,10H2/t8-/m0/s1. The molecule has 4 heteroatoms. The molecule has 0 radical (unpaired) electrons. The van der Waals surface area contributed by atoms with Crippen molar-refractivity contribution < 1.29 is 4.74 Å². The highest BCUT2D eigenvalue weighted by Gasteiger charge is 2.14. The molecule has 4 nitrogen and oxygen atoms in total. The molecule has 2 N–H and O–H groups in total. The van der Waals surface area contributed by atoms with Crippen LogP contribution in [0, 0.1) is 5.92 Å². The highest BCUT2D eigenvalue weighted by Crippen LogP contribution is 2.15. The summed E-state index contributed by atoms with van der Waals surface area (Å²) in [6.45, 7) is 2.70. The molecular formula is C9H15N3O. The lowest BCUT2D eigenvalue weighted by molar-refractivity contribution is 0.0470. The van der Waals surface area contributed by atoms with Crippen LogP contribution in [0.25, 0.3) is 0 Å². The molecule has 2 rings (SSSR count). The van der Waals surface area contributed by atoms with Gasteiger partial charge in [-0.1, -0.05) is 0 Å². The molecule has 0 bridgehead atoms. The monoisotopic (exact) mass is 181 g/mol. The van der Waals surface area contributed by atoms with Gasteiger partial charge in [0.1, 0.15) is 0 Å². The van der Waals surface area contributed by atoms with Crippen LogP contribution in [0.2, 0.25) is 0 Å². The third-order valence-corrected chi connectivity index (χ3v) is 2.35. The van der Waals surface area contributed by atoms with E-state index in [9.17, 15) is 0 Å². The van der Waals surface area contributed by atoms with Crippen LogP contribution >= 0.6 is 0 Å². The van der Waals surface area contributed by atoms with Crippen LogP contribution < -0.4 is 5.73 Å². The van der Waals surface area contributed by atoms with Gasteiger partial charge in [0, 0.05) is 25.3 Å². The molecule has 1 aliphatic rings. The lowest BCUT2D eigenvalue weighted by Crippen LogP contribution is -2.22. The van der Waals surface area contributed by atoms with E-state index in [4.69, 9.17) is 10.5 Å². The van der Waals surface area contributed by atoms with E-state index in [1.165, 1.54) is 12.8 Å². The predicted molar refractivity (Wildman–Crippen MR) is 50.2 cm³/mol. The van der Waals surface area contributed by atoms with Crippen LogP contribution in [0.4, 0.5) is 5.69 Å². The van der Waals surface area contributed by atoms with Gasteiger partial charge in [0.25, 0.3) is 0 Å². The van der Waals surface area contributed by atoms with E-state index in [0.717, 1.165) is 25.4 Å². The van der Waals surface area contributed by atoms with Crippen molar-refractivity contribution in [3.05, 3.63) is 12.4 Å². The van der Waals surface area contributed by atoms with Crippen molar-refractivity contribution in [2.24, 2.45) is 5.92 Å². The first-order valence-corrected chi connectivity index (χ1v) is 4.70. The molecule has 0 aromatic carbocycles. The van der Waals surface area contributed by atoms with E-state index < -0.39 is 0 Å². The zero-order chi connectivity index (χ0) is 9.10. The summed E-state index contributed by atoms with van der Waals surface area (Å²) in [7, 11) is 0. The fourth-order valence-corrected chi connectivity index (χ4v) is 1.70. The van der Waals surface area contributed by atoms with E-state index >= 15 is 0 Å². The SMILES string of the molecule is Nc1cnn(C[C@@H]2CCCOC2)c1. The average Bonchev–Trinajstić information content (AvgIpc) is 2.53. The fraction of sp³-hybridized carbons (Fsp3) is 0.667. The molecule has 1 atom stereocenters. The third-order valence-electron chi connectivity index (χ3n) is 2.35. The largest absolute Gasteiger partial charge is 0.396 e. The van der Waals surface area contributed by atoms with Crippen LogP contribution in [0.1, 0.15) is 12.8 Å². The van der Waals surface area contributed by atoms with Gasteiger partial charge in [0.05, 0.1) is 18.5 Å². The molecule has 1 saturated heterocycles. The first-order chi connectivity index (χ1) is 6.34. The molecule has 0 saturated carbocycles. The normalized spacial score (nSPS) is 23.2. The highest BCUT2D eigenvalue weighted by atomic mass is 16.5. The number of nitrogens with two attached hydrogens (primary N) is 1. The summed E-state index contributed by atoms with van der Waals surface area (Å²) in [6, 6.07) is 0. The van der Waals surface area contributed by atoms with Gasteiger partial charge in [-0.15, -0.1) is 0 Å². The van der Waals surface area contributed by atoms with Crippen LogP contribution in [0.15, 0.2) is 12.4 Å². The van der Waals surface area contributed by atoms with Crippen LogP contribution in [0.3, 0.4) is 0 Å². The Bertz CT molecular complexity index is 266. The van der Waals surface area contributed by atoms with Gasteiger partial charge in [-0.2, -0.15) is 5.10 Å². The van der Waals surface area contributed by atoms with Crippen molar-refractivity contribution in [1.29, 1.82) is 0 Å². The highest BCUT2D eigenvalue weighted by molar-refractivity contribution is 5.30. The molecule has 1 aromatic heterocycles. The zero-order valence-corrected chi connectivity index (χ0v) is 7.65. The van der Waals surface area contributed by atoms with Crippen LogP contribution in [-0.2, 0) is 11.3 Å². The molecule has 13 heavy (non-hydrogen) atoms. The van der Waals surface area contributed by atoms with E-state index in [-0.39, 0.29) is 0 Å². The number of hydrogen-bond donors (Lipinski definition) is 1. The maximum absolute atomic E-state index is 5.57. The quantitative estimate of drug-likeness (QED) is 0.737. The molecular weight excluding hydrogens is 166 g/mol. The number of hydrogen-bond acceptors (Lipinski definition) is 3. The Labute approximate surface area is 77.7 Å². The maximum atomic E-state index is 5.57. The molecule has 1 fully saturated rings. The second-order valence-corrected chi connectivity index (χ2v) is 3.58. The number of anilines is 1. The van der Waals surface area contributed by atoms with E-state index in [1.807, 2.05) is 10.9 Å². The average molecular weight is 181 g/mol. The van der Waals surface area contributed by atoms with Crippen LogP contribution in [-0.4, -0.2) is 23.0 Å². The van der Waals surface area contributed by atoms with Gasteiger partial charge in [-0.05, 0) is 12.8 Å². The summed E-state index contributed by atoms with van der Waals surface area (Å²) in [5.41, 5.74) is 6.30. The van der Waals surface area contributed by atoms with Crippen LogP contribution in [0.5, 0.6) is 0 Å². The summed E-state index contributed by atoms with van der Waals surface area (Å²) in [6.07, 6.45) is 5.96. The summed E-state index contributed by atoms with van der Waals surface area (Å²) < 4.78 is 7.29. The van der Waals surface area contributed by atoms with E-state index in [0.29, 0.717) is 5.92 Å². The van der Waals surface area contributed by atoms with Crippen molar-refractivity contribution in [3.63, 3.8) is 0 Å². The van der Waals surface area contributed by atoms with E-state index in [2.05, 4.69) is 5.10 Å². The Morgan fingerprint density at radius 2 is 2.62 bits per heavy atom. The van der Waals surface area contributed by atoms with E-state index in [1.54, 1.807) is 6.20 Å². The predicted octanol–water partition coefficient (Wildman–Crippen LogP) is 0.892. The van der Waals surface area contributed by atoms with Gasteiger partial charge in [0.15, 0.2) is 0 Å². The summed E-state index contributed by atoms with van der Waals surface area (Å²) in [5.74, 6) is 0.605. The Balaban J connectivity index is 1.89. The fourth-order valence-electron chi connectivity index (χ4n) is 1.70. The summed E-state index contributed by atoms with van der Waals surface area (Å²) >= 11 is 0. The van der Waals surface area contributed by atoms with Crippen molar-refractivity contribution in [3.8, 4) is 0 Å². The van der Waals surface area contributed by atoms with Gasteiger partial charge in [-0.3, -0.25) is 4.68 Å². The van der Waals surface area contributed by atoms with Crippen molar-refractivity contribution >= 4 is 5.69 Å². The van der Waals surface area contributed by atoms with Gasteiger partial charge in [0.2, 0.25) is 0 Å². The third kappa shape index (κ3) is 2.21. The van der Waals surface area contributed by atoms with Crippen molar-refractivity contribution in [2.75, 3.05) is 18.9 Å². The number of ether oxygens (including phenoxy) is 1. The van der Waals surface area contributed by atoms with Gasteiger partial charge in [-0.25, -0.2) is 0 Å². The molecule has 0 unspecified atom stereocenters. The molecule has 1 aliphatic heterocycles. The Morgan fingerprint density at radius 3 is 3.23 bits per heavy atom. The zero-order valence-electron chi connectivity index (χ0n) is 7.65. The summed E-state index contributed by atoms with van der Waals surface area (Å²) in [5, 5.41) is 4.15. The Morgan fingerprint density at radius 1 is 1.69 bits per heavy atom. The molecule has 0 amide bonds. The molecule has 72 valence electrons. The number of rotatable bonds is 2. The van der Waals surface area contributed by atoms with Gasteiger partial charge >= 0.3 is 0 Å². The first kappa shape index (κ1) is 8.56. The number of nitrogens with zero attached hydrogens (tertiary/aromatic N) is 2. The first-order valence-electron chi connectivity index (χ1n) is 4.70. The van der Waals surface area contributed by atoms with Crippen molar-refractivity contribution in [2.45, 2.75) is 19.4 Å². The lowest BCUT2D eigenvalue weighted by Gasteiger charge is -2.21. The number of nitrogen functional groups attached to an aromatic ring is 1.